The van der Waals surface area contributed by atoms with Crippen LogP contribution >= 0.6 is 11.3 Å². The molecule has 0 aliphatic carbocycles. The minimum absolute atomic E-state index is 0.626. The molecule has 1 aromatic heterocycles. The molecule has 1 aromatic rings. The van der Waals surface area contributed by atoms with Crippen LogP contribution in [-0.2, 0) is 6.54 Å². The molecule has 1 saturated heterocycles. The molecule has 3 nitrogen and oxygen atoms in total. The van der Waals surface area contributed by atoms with Gasteiger partial charge < -0.3 is 10.2 Å². The molecule has 2 rings (SSSR count). The summed E-state index contributed by atoms with van der Waals surface area (Å²) in [6.45, 7) is 14.5. The fourth-order valence-electron chi connectivity index (χ4n) is 2.87. The number of aromatic nitrogens is 1. The van der Waals surface area contributed by atoms with E-state index in [0.717, 1.165) is 25.6 Å². The second kappa shape index (κ2) is 6.90. The van der Waals surface area contributed by atoms with Crippen LogP contribution in [-0.4, -0.2) is 24.1 Å². The first-order chi connectivity index (χ1) is 9.47. The highest BCUT2D eigenvalue weighted by Gasteiger charge is 2.25. The highest BCUT2D eigenvalue weighted by Crippen LogP contribution is 2.32. The van der Waals surface area contributed by atoms with Crippen molar-refractivity contribution in [2.75, 3.05) is 18.0 Å². The molecule has 4 heteroatoms. The Bertz CT molecular complexity index is 427. The quantitative estimate of drug-likeness (QED) is 0.895. The second-order valence-corrected chi connectivity index (χ2v) is 7.76. The number of thiazole rings is 1. The summed E-state index contributed by atoms with van der Waals surface area (Å²) in [6, 6.07) is 0.626. The van der Waals surface area contributed by atoms with Gasteiger partial charge in [0.15, 0.2) is 5.13 Å². The lowest BCUT2D eigenvalue weighted by Gasteiger charge is -2.36. The van der Waals surface area contributed by atoms with Crippen molar-refractivity contribution in [3.8, 4) is 0 Å². The van der Waals surface area contributed by atoms with Crippen LogP contribution in [0.2, 0.25) is 0 Å². The van der Waals surface area contributed by atoms with E-state index in [9.17, 15) is 0 Å². The number of hydrogen-bond acceptors (Lipinski definition) is 4. The maximum atomic E-state index is 4.81. The Morgan fingerprint density at radius 1 is 1.40 bits per heavy atom. The van der Waals surface area contributed by atoms with Gasteiger partial charge in [-0.3, -0.25) is 0 Å². The molecule has 1 aliphatic rings. The fourth-order valence-corrected chi connectivity index (χ4v) is 4.02. The van der Waals surface area contributed by atoms with Gasteiger partial charge in [-0.15, -0.1) is 11.3 Å². The number of rotatable bonds is 5. The molecule has 0 amide bonds. The summed E-state index contributed by atoms with van der Waals surface area (Å²) in [5.74, 6) is 1.56. The molecule has 1 fully saturated rings. The van der Waals surface area contributed by atoms with Crippen molar-refractivity contribution in [1.82, 2.24) is 10.3 Å². The number of piperidine rings is 1. The van der Waals surface area contributed by atoms with Crippen LogP contribution in [0.4, 0.5) is 5.13 Å². The Balaban J connectivity index is 1.99. The van der Waals surface area contributed by atoms with Gasteiger partial charge in [-0.1, -0.05) is 20.8 Å². The lowest BCUT2D eigenvalue weighted by Crippen LogP contribution is -2.40. The molecule has 1 N–H and O–H groups in total. The predicted molar refractivity (Wildman–Crippen MR) is 88.6 cm³/mol. The van der Waals surface area contributed by atoms with Crippen molar-refractivity contribution in [2.24, 2.45) is 11.8 Å². The summed E-state index contributed by atoms with van der Waals surface area (Å²) < 4.78 is 0. The van der Waals surface area contributed by atoms with Crippen LogP contribution in [0, 0.1) is 18.8 Å². The van der Waals surface area contributed by atoms with Crippen molar-refractivity contribution < 1.29 is 0 Å². The Labute approximate surface area is 127 Å². The van der Waals surface area contributed by atoms with Gasteiger partial charge in [-0.25, -0.2) is 4.98 Å². The first-order valence-electron chi connectivity index (χ1n) is 7.91. The van der Waals surface area contributed by atoms with Gasteiger partial charge in [-0.05, 0) is 45.1 Å². The van der Waals surface area contributed by atoms with E-state index in [2.05, 4.69) is 44.8 Å². The van der Waals surface area contributed by atoms with Crippen LogP contribution in [0.5, 0.6) is 0 Å². The molecule has 0 radical (unpaired) electrons. The Hall–Kier alpha value is -0.610. The topological polar surface area (TPSA) is 28.2 Å². The Kier molecular flexibility index (Phi) is 5.44. The van der Waals surface area contributed by atoms with Gasteiger partial charge in [0.2, 0.25) is 0 Å². The Morgan fingerprint density at radius 3 is 2.80 bits per heavy atom. The van der Waals surface area contributed by atoms with E-state index in [1.54, 1.807) is 0 Å². The smallest absolute Gasteiger partial charge is 0.186 e. The monoisotopic (exact) mass is 295 g/mol. The molecule has 2 unspecified atom stereocenters. The van der Waals surface area contributed by atoms with E-state index in [1.165, 1.54) is 28.5 Å². The van der Waals surface area contributed by atoms with E-state index in [4.69, 9.17) is 4.98 Å². The molecule has 0 saturated carbocycles. The van der Waals surface area contributed by atoms with Gasteiger partial charge >= 0.3 is 0 Å². The summed E-state index contributed by atoms with van der Waals surface area (Å²) in [4.78, 5) is 8.71. The first-order valence-corrected chi connectivity index (χ1v) is 8.72. The third kappa shape index (κ3) is 3.95. The lowest BCUT2D eigenvalue weighted by molar-refractivity contribution is 0.377. The largest absolute Gasteiger partial charge is 0.345 e. The van der Waals surface area contributed by atoms with E-state index >= 15 is 0 Å². The molecule has 20 heavy (non-hydrogen) atoms. The van der Waals surface area contributed by atoms with Crippen molar-refractivity contribution in [3.63, 3.8) is 0 Å². The summed E-state index contributed by atoms with van der Waals surface area (Å²) in [5, 5.41) is 4.75. The molecule has 1 aliphatic heterocycles. The molecule has 0 spiro atoms. The lowest BCUT2D eigenvalue weighted by atomic mass is 9.94. The number of nitrogens with zero attached hydrogens (tertiary/aromatic N) is 2. The van der Waals surface area contributed by atoms with E-state index in [0.29, 0.717) is 12.0 Å². The van der Waals surface area contributed by atoms with Crippen LogP contribution in [0.15, 0.2) is 0 Å². The second-order valence-electron chi connectivity index (χ2n) is 6.70. The molecule has 114 valence electrons. The van der Waals surface area contributed by atoms with Gasteiger partial charge in [0.1, 0.15) is 0 Å². The van der Waals surface area contributed by atoms with Gasteiger partial charge in [0.05, 0.1) is 5.69 Å². The number of nitrogens with one attached hydrogen (secondary N) is 1. The third-order valence-electron chi connectivity index (χ3n) is 4.10. The zero-order valence-electron chi connectivity index (χ0n) is 13.6. The highest BCUT2D eigenvalue weighted by molar-refractivity contribution is 7.15. The predicted octanol–water partition coefficient (Wildman–Crippen LogP) is 3.82. The number of hydrogen-bond donors (Lipinski definition) is 1. The van der Waals surface area contributed by atoms with Crippen molar-refractivity contribution >= 4 is 16.5 Å². The minimum atomic E-state index is 0.626. The molecule has 2 atom stereocenters. The average Bonchev–Trinajstić information content (AvgIpc) is 2.70. The summed E-state index contributed by atoms with van der Waals surface area (Å²) >= 11 is 1.87. The fraction of sp³-hybridized carbons (Fsp3) is 0.812. The van der Waals surface area contributed by atoms with Gasteiger partial charge in [0.25, 0.3) is 0 Å². The zero-order chi connectivity index (χ0) is 14.7. The number of aryl methyl sites for hydroxylation is 1. The van der Waals surface area contributed by atoms with Gasteiger partial charge in [0, 0.05) is 24.0 Å². The van der Waals surface area contributed by atoms with Gasteiger partial charge in [-0.2, -0.15) is 0 Å². The maximum absolute atomic E-state index is 4.81. The standard InChI is InChI=1S/C16H29N3S/c1-11(2)9-17-10-15-14(5)18-16(20-15)19-7-6-12(3)8-13(19)4/h11-13,17H,6-10H2,1-5H3. The SMILES string of the molecule is Cc1nc(N2CCC(C)CC2C)sc1CNCC(C)C. The van der Waals surface area contributed by atoms with Crippen LogP contribution < -0.4 is 10.2 Å². The summed E-state index contributed by atoms with van der Waals surface area (Å²) in [6.07, 6.45) is 2.59. The molecular weight excluding hydrogens is 266 g/mol. The molecule has 0 aromatic carbocycles. The van der Waals surface area contributed by atoms with Crippen molar-refractivity contribution in [3.05, 3.63) is 10.6 Å². The summed E-state index contributed by atoms with van der Waals surface area (Å²) in [5.41, 5.74) is 1.20. The minimum Gasteiger partial charge on any atom is -0.345 e. The first kappa shape index (κ1) is 15.8. The molecular formula is C16H29N3S. The van der Waals surface area contributed by atoms with Crippen molar-refractivity contribution in [2.45, 2.75) is 60.0 Å². The number of anilines is 1. The average molecular weight is 295 g/mol. The van der Waals surface area contributed by atoms with E-state index in [1.807, 2.05) is 11.3 Å². The molecule has 0 bridgehead atoms. The Morgan fingerprint density at radius 2 is 2.15 bits per heavy atom. The van der Waals surface area contributed by atoms with E-state index < -0.39 is 0 Å². The van der Waals surface area contributed by atoms with Crippen LogP contribution in [0.1, 0.15) is 51.1 Å². The van der Waals surface area contributed by atoms with Crippen LogP contribution in [0.3, 0.4) is 0 Å². The third-order valence-corrected chi connectivity index (χ3v) is 5.30. The van der Waals surface area contributed by atoms with Crippen molar-refractivity contribution in [1.29, 1.82) is 0 Å². The van der Waals surface area contributed by atoms with Crippen LogP contribution in [0.25, 0.3) is 0 Å². The van der Waals surface area contributed by atoms with E-state index in [-0.39, 0.29) is 0 Å². The molecule has 2 heterocycles. The zero-order valence-corrected chi connectivity index (χ0v) is 14.4. The summed E-state index contributed by atoms with van der Waals surface area (Å²) in [7, 11) is 0. The highest BCUT2D eigenvalue weighted by atomic mass is 32.1. The maximum Gasteiger partial charge on any atom is 0.186 e. The normalized spacial score (nSPS) is 23.6.